The van der Waals surface area contributed by atoms with Crippen LogP contribution in [0.2, 0.25) is 0 Å². The minimum atomic E-state index is -0.0352. The SMILES string of the molecule is CN=C(NCc1ccc(NC(=O)C(C)C)cc1)NC(C)Cc1c(C)nn(C)c1C. The topological polar surface area (TPSA) is 83.3 Å². The number of rotatable bonds is 7. The highest BCUT2D eigenvalue weighted by molar-refractivity contribution is 5.92. The quantitative estimate of drug-likeness (QED) is 0.495. The van der Waals surface area contributed by atoms with Gasteiger partial charge in [0.05, 0.1) is 5.69 Å². The molecule has 0 radical (unpaired) electrons. The molecule has 1 aromatic heterocycles. The smallest absolute Gasteiger partial charge is 0.226 e. The fourth-order valence-electron chi connectivity index (χ4n) is 3.08. The van der Waals surface area contributed by atoms with Gasteiger partial charge >= 0.3 is 0 Å². The van der Waals surface area contributed by atoms with Crippen molar-refractivity contribution in [2.45, 2.75) is 53.6 Å². The van der Waals surface area contributed by atoms with E-state index in [-0.39, 0.29) is 17.9 Å². The van der Waals surface area contributed by atoms with Gasteiger partial charge < -0.3 is 16.0 Å². The number of carbonyl (C=O) groups excluding carboxylic acids is 1. The third-order valence-corrected chi connectivity index (χ3v) is 4.98. The van der Waals surface area contributed by atoms with E-state index in [4.69, 9.17) is 0 Å². The lowest BCUT2D eigenvalue weighted by Gasteiger charge is -2.18. The first-order valence-electron chi connectivity index (χ1n) is 10.1. The number of carbonyl (C=O) groups is 1. The second-order valence-corrected chi connectivity index (χ2v) is 7.79. The van der Waals surface area contributed by atoms with Crippen LogP contribution in [0.25, 0.3) is 0 Å². The Hall–Kier alpha value is -2.83. The van der Waals surface area contributed by atoms with Crippen LogP contribution in [0.3, 0.4) is 0 Å². The maximum atomic E-state index is 11.8. The van der Waals surface area contributed by atoms with Crippen molar-refractivity contribution in [3.63, 3.8) is 0 Å². The first-order valence-corrected chi connectivity index (χ1v) is 10.1. The maximum absolute atomic E-state index is 11.8. The minimum Gasteiger partial charge on any atom is -0.354 e. The highest BCUT2D eigenvalue weighted by Crippen LogP contribution is 2.14. The van der Waals surface area contributed by atoms with Gasteiger partial charge in [0.1, 0.15) is 0 Å². The largest absolute Gasteiger partial charge is 0.354 e. The van der Waals surface area contributed by atoms with Gasteiger partial charge in [-0.1, -0.05) is 26.0 Å². The molecule has 1 aromatic carbocycles. The van der Waals surface area contributed by atoms with Crippen molar-refractivity contribution in [2.75, 3.05) is 12.4 Å². The molecule has 0 bridgehead atoms. The summed E-state index contributed by atoms with van der Waals surface area (Å²) in [6, 6.07) is 8.06. The first-order chi connectivity index (χ1) is 13.7. The van der Waals surface area contributed by atoms with E-state index < -0.39 is 0 Å². The number of nitrogens with zero attached hydrogens (tertiary/aromatic N) is 3. The second kappa shape index (κ2) is 10.1. The number of hydrogen-bond donors (Lipinski definition) is 3. The standard InChI is InChI=1S/C22H34N6O/c1-14(2)21(29)26-19-10-8-18(9-11-19)13-24-22(23-6)25-15(3)12-20-16(4)27-28(7)17(20)5/h8-11,14-15H,12-13H2,1-7H3,(H,26,29)(H2,23,24,25). The third kappa shape index (κ3) is 6.34. The number of hydrogen-bond acceptors (Lipinski definition) is 3. The van der Waals surface area contributed by atoms with Crippen LogP contribution < -0.4 is 16.0 Å². The number of anilines is 1. The lowest BCUT2D eigenvalue weighted by atomic mass is 10.1. The first kappa shape index (κ1) is 22.5. The van der Waals surface area contributed by atoms with Gasteiger partial charge in [-0.05, 0) is 50.5 Å². The van der Waals surface area contributed by atoms with Crippen LogP contribution in [0.1, 0.15) is 43.3 Å². The molecule has 7 nitrogen and oxygen atoms in total. The fourth-order valence-corrected chi connectivity index (χ4v) is 3.08. The molecule has 1 heterocycles. The van der Waals surface area contributed by atoms with Crippen molar-refractivity contribution in [3.8, 4) is 0 Å². The molecule has 0 aliphatic carbocycles. The van der Waals surface area contributed by atoms with E-state index in [9.17, 15) is 4.79 Å². The van der Waals surface area contributed by atoms with Gasteiger partial charge in [0.2, 0.25) is 5.91 Å². The van der Waals surface area contributed by atoms with Crippen LogP contribution in [0.15, 0.2) is 29.3 Å². The highest BCUT2D eigenvalue weighted by atomic mass is 16.1. The van der Waals surface area contributed by atoms with Crippen LogP contribution in [0, 0.1) is 19.8 Å². The maximum Gasteiger partial charge on any atom is 0.226 e. The predicted molar refractivity (Wildman–Crippen MR) is 119 cm³/mol. The van der Waals surface area contributed by atoms with Gasteiger partial charge in [-0.3, -0.25) is 14.5 Å². The zero-order valence-electron chi connectivity index (χ0n) is 18.6. The van der Waals surface area contributed by atoms with Crippen LogP contribution >= 0.6 is 0 Å². The molecule has 1 amide bonds. The predicted octanol–water partition coefficient (Wildman–Crippen LogP) is 2.93. The molecular formula is C22H34N6O. The van der Waals surface area contributed by atoms with Crippen molar-refractivity contribution in [2.24, 2.45) is 18.0 Å². The molecular weight excluding hydrogens is 364 g/mol. The Morgan fingerprint density at radius 2 is 1.83 bits per heavy atom. The molecule has 0 saturated heterocycles. The van der Waals surface area contributed by atoms with E-state index in [0.717, 1.165) is 29.3 Å². The zero-order valence-corrected chi connectivity index (χ0v) is 18.6. The van der Waals surface area contributed by atoms with Crippen LogP contribution in [0.5, 0.6) is 0 Å². The average molecular weight is 399 g/mol. The Kier molecular flexibility index (Phi) is 7.82. The van der Waals surface area contributed by atoms with Gasteiger partial charge in [-0.25, -0.2) is 0 Å². The molecule has 2 rings (SSSR count). The third-order valence-electron chi connectivity index (χ3n) is 4.98. The number of aromatic nitrogens is 2. The molecule has 0 spiro atoms. The van der Waals surface area contributed by atoms with Gasteiger partial charge in [-0.2, -0.15) is 5.10 Å². The molecule has 3 N–H and O–H groups in total. The lowest BCUT2D eigenvalue weighted by Crippen LogP contribution is -2.42. The molecule has 0 saturated carbocycles. The van der Waals surface area contributed by atoms with Crippen molar-refractivity contribution in [1.29, 1.82) is 0 Å². The van der Waals surface area contributed by atoms with Crippen LogP contribution in [0.4, 0.5) is 5.69 Å². The van der Waals surface area contributed by atoms with E-state index in [0.29, 0.717) is 6.54 Å². The Morgan fingerprint density at radius 3 is 2.34 bits per heavy atom. The van der Waals surface area contributed by atoms with Gasteiger partial charge in [0.25, 0.3) is 0 Å². The van der Waals surface area contributed by atoms with Gasteiger partial charge in [0, 0.05) is 44.0 Å². The normalized spacial score (nSPS) is 12.8. The Bertz CT molecular complexity index is 851. The summed E-state index contributed by atoms with van der Waals surface area (Å²) in [5.74, 6) is 0.745. The highest BCUT2D eigenvalue weighted by Gasteiger charge is 2.14. The van der Waals surface area contributed by atoms with Crippen LogP contribution in [-0.2, 0) is 24.8 Å². The van der Waals surface area contributed by atoms with E-state index >= 15 is 0 Å². The van der Waals surface area contributed by atoms with Crippen molar-refractivity contribution >= 4 is 17.6 Å². The van der Waals surface area contributed by atoms with Gasteiger partial charge in [0.15, 0.2) is 5.96 Å². The Morgan fingerprint density at radius 1 is 1.17 bits per heavy atom. The summed E-state index contributed by atoms with van der Waals surface area (Å²) >= 11 is 0. The number of nitrogens with one attached hydrogen (secondary N) is 3. The average Bonchev–Trinajstić information content (AvgIpc) is 2.92. The van der Waals surface area contributed by atoms with Crippen molar-refractivity contribution in [1.82, 2.24) is 20.4 Å². The molecule has 1 atom stereocenters. The van der Waals surface area contributed by atoms with Crippen LogP contribution in [-0.4, -0.2) is 34.7 Å². The Labute approximate surface area is 174 Å². The zero-order chi connectivity index (χ0) is 21.6. The summed E-state index contributed by atoms with van der Waals surface area (Å²) in [7, 11) is 3.75. The molecule has 0 aliphatic heterocycles. The monoisotopic (exact) mass is 398 g/mol. The summed E-state index contributed by atoms with van der Waals surface area (Å²) in [6.45, 7) is 10.7. The van der Waals surface area contributed by atoms with Crippen molar-refractivity contribution in [3.05, 3.63) is 46.8 Å². The molecule has 158 valence electrons. The number of aryl methyl sites for hydroxylation is 2. The summed E-state index contributed by atoms with van der Waals surface area (Å²) in [4.78, 5) is 16.1. The lowest BCUT2D eigenvalue weighted by molar-refractivity contribution is -0.118. The van der Waals surface area contributed by atoms with E-state index in [1.165, 1.54) is 11.3 Å². The second-order valence-electron chi connectivity index (χ2n) is 7.79. The molecule has 1 unspecified atom stereocenters. The number of aliphatic imine (C=N–C) groups is 1. The number of guanidine groups is 1. The number of benzene rings is 1. The summed E-state index contributed by atoms with van der Waals surface area (Å²) in [6.07, 6.45) is 0.885. The van der Waals surface area contributed by atoms with E-state index in [1.807, 2.05) is 49.8 Å². The molecule has 2 aromatic rings. The van der Waals surface area contributed by atoms with Crippen molar-refractivity contribution < 1.29 is 4.79 Å². The summed E-state index contributed by atoms with van der Waals surface area (Å²) in [5.41, 5.74) is 5.48. The minimum absolute atomic E-state index is 0.0218. The Balaban J connectivity index is 1.87. The summed E-state index contributed by atoms with van der Waals surface area (Å²) < 4.78 is 1.93. The van der Waals surface area contributed by atoms with E-state index in [2.05, 4.69) is 46.8 Å². The summed E-state index contributed by atoms with van der Waals surface area (Å²) in [5, 5.41) is 14.2. The molecule has 7 heteroatoms. The van der Waals surface area contributed by atoms with Gasteiger partial charge in [-0.15, -0.1) is 0 Å². The fraction of sp³-hybridized carbons (Fsp3) is 0.500. The number of amides is 1. The molecule has 0 fully saturated rings. The molecule has 29 heavy (non-hydrogen) atoms. The molecule has 0 aliphatic rings. The van der Waals surface area contributed by atoms with E-state index in [1.54, 1.807) is 7.05 Å².